The molecule has 2 rings (SSSR count). The maximum Gasteiger partial charge on any atom is 0.412 e. The standard InChI is InChI=1S/C20H22ClNO3/c1-20(2,3)25-19(24)22-18-7-5-4-6-14(18)8-9-15-12-17(21)11-10-16(15)13-23/h4-12,23H,13H2,1-3H3,(H,22,24). The molecule has 2 N–H and O–H groups in total. The summed E-state index contributed by atoms with van der Waals surface area (Å²) in [5, 5.41) is 12.8. The zero-order valence-corrected chi connectivity index (χ0v) is 15.3. The van der Waals surface area contributed by atoms with Crippen LogP contribution < -0.4 is 5.32 Å². The Bertz CT molecular complexity index is 779. The second kappa shape index (κ2) is 8.19. The molecule has 0 atom stereocenters. The number of halogens is 1. The first-order valence-corrected chi connectivity index (χ1v) is 8.33. The average molecular weight is 360 g/mol. The Kier molecular flexibility index (Phi) is 6.23. The second-order valence-corrected chi connectivity index (χ2v) is 6.99. The van der Waals surface area contributed by atoms with Crippen molar-refractivity contribution < 1.29 is 14.6 Å². The summed E-state index contributed by atoms with van der Waals surface area (Å²) in [4.78, 5) is 12.0. The van der Waals surface area contributed by atoms with Gasteiger partial charge in [0.15, 0.2) is 0 Å². The molecule has 0 aliphatic rings. The molecule has 0 saturated heterocycles. The molecule has 25 heavy (non-hydrogen) atoms. The molecular weight excluding hydrogens is 338 g/mol. The Morgan fingerprint density at radius 1 is 1.16 bits per heavy atom. The number of benzene rings is 2. The predicted octanol–water partition coefficient (Wildman–Crippen LogP) is 5.35. The van der Waals surface area contributed by atoms with Gasteiger partial charge in [-0.1, -0.05) is 48.0 Å². The first-order chi connectivity index (χ1) is 11.8. The van der Waals surface area contributed by atoms with Crippen molar-refractivity contribution in [2.24, 2.45) is 0 Å². The van der Waals surface area contributed by atoms with Gasteiger partial charge in [-0.05, 0) is 55.7 Å². The number of rotatable bonds is 4. The summed E-state index contributed by atoms with van der Waals surface area (Å²) in [6, 6.07) is 12.7. The van der Waals surface area contributed by atoms with Crippen molar-refractivity contribution in [1.29, 1.82) is 0 Å². The van der Waals surface area contributed by atoms with Crippen molar-refractivity contribution in [2.75, 3.05) is 5.32 Å². The van der Waals surface area contributed by atoms with Crippen LogP contribution in [0.3, 0.4) is 0 Å². The Hall–Kier alpha value is -2.30. The van der Waals surface area contributed by atoms with Gasteiger partial charge in [0, 0.05) is 5.02 Å². The molecule has 132 valence electrons. The molecule has 0 saturated carbocycles. The molecule has 0 aromatic heterocycles. The number of para-hydroxylation sites is 1. The third-order valence-corrected chi connectivity index (χ3v) is 3.55. The highest BCUT2D eigenvalue weighted by atomic mass is 35.5. The zero-order valence-electron chi connectivity index (χ0n) is 14.5. The summed E-state index contributed by atoms with van der Waals surface area (Å²) in [6.07, 6.45) is 3.21. The van der Waals surface area contributed by atoms with E-state index in [2.05, 4.69) is 5.32 Å². The molecule has 0 radical (unpaired) electrons. The highest BCUT2D eigenvalue weighted by Gasteiger charge is 2.16. The number of hydrogen-bond donors (Lipinski definition) is 2. The maximum atomic E-state index is 12.0. The molecule has 0 aliphatic carbocycles. The normalized spacial score (nSPS) is 11.6. The molecule has 0 aliphatic heterocycles. The predicted molar refractivity (Wildman–Crippen MR) is 103 cm³/mol. The lowest BCUT2D eigenvalue weighted by Crippen LogP contribution is -2.27. The number of aliphatic hydroxyl groups is 1. The number of anilines is 1. The van der Waals surface area contributed by atoms with Gasteiger partial charge in [-0.15, -0.1) is 0 Å². The quantitative estimate of drug-likeness (QED) is 0.723. The van der Waals surface area contributed by atoms with Crippen molar-refractivity contribution in [2.45, 2.75) is 33.0 Å². The largest absolute Gasteiger partial charge is 0.444 e. The van der Waals surface area contributed by atoms with Crippen molar-refractivity contribution in [3.05, 3.63) is 64.2 Å². The van der Waals surface area contributed by atoms with Crippen molar-refractivity contribution in [1.82, 2.24) is 0 Å². The van der Waals surface area contributed by atoms with E-state index in [4.69, 9.17) is 16.3 Å². The van der Waals surface area contributed by atoms with E-state index in [-0.39, 0.29) is 6.61 Å². The fourth-order valence-electron chi connectivity index (χ4n) is 2.21. The third-order valence-electron chi connectivity index (χ3n) is 3.32. The molecule has 4 nitrogen and oxygen atoms in total. The van der Waals surface area contributed by atoms with Crippen LogP contribution in [0.4, 0.5) is 10.5 Å². The van der Waals surface area contributed by atoms with Gasteiger partial charge < -0.3 is 9.84 Å². The van der Waals surface area contributed by atoms with Crippen LogP contribution in [0, 0.1) is 0 Å². The lowest BCUT2D eigenvalue weighted by atomic mass is 10.1. The van der Waals surface area contributed by atoms with E-state index < -0.39 is 11.7 Å². The number of aliphatic hydroxyl groups excluding tert-OH is 1. The lowest BCUT2D eigenvalue weighted by molar-refractivity contribution is 0.0636. The lowest BCUT2D eigenvalue weighted by Gasteiger charge is -2.20. The summed E-state index contributed by atoms with van der Waals surface area (Å²) in [6.45, 7) is 5.37. The SMILES string of the molecule is CC(C)(C)OC(=O)Nc1ccccc1C=Cc1cc(Cl)ccc1CO. The molecule has 0 spiro atoms. The molecule has 0 fully saturated rings. The van der Waals surface area contributed by atoms with Gasteiger partial charge in [0.25, 0.3) is 0 Å². The summed E-state index contributed by atoms with van der Waals surface area (Å²) in [5.41, 5.74) is 2.49. The van der Waals surface area contributed by atoms with Gasteiger partial charge in [-0.2, -0.15) is 0 Å². The molecule has 2 aromatic rings. The first-order valence-electron chi connectivity index (χ1n) is 7.95. The van der Waals surface area contributed by atoms with Gasteiger partial charge in [0.05, 0.1) is 12.3 Å². The Labute approximate surface area is 153 Å². The summed E-state index contributed by atoms with van der Waals surface area (Å²) in [7, 11) is 0. The van der Waals surface area contributed by atoms with Crippen LogP contribution in [0.15, 0.2) is 42.5 Å². The highest BCUT2D eigenvalue weighted by molar-refractivity contribution is 6.30. The van der Waals surface area contributed by atoms with Crippen LogP contribution in [0.25, 0.3) is 12.2 Å². The first kappa shape index (κ1) is 19.0. The number of hydrogen-bond acceptors (Lipinski definition) is 3. The van der Waals surface area contributed by atoms with E-state index in [1.807, 2.05) is 51.1 Å². The number of amides is 1. The fraction of sp³-hybridized carbons (Fsp3) is 0.250. The van der Waals surface area contributed by atoms with Crippen LogP contribution >= 0.6 is 11.6 Å². The molecular formula is C20H22ClNO3. The Balaban J connectivity index is 2.24. The van der Waals surface area contributed by atoms with Crippen molar-refractivity contribution >= 4 is 35.5 Å². The molecule has 5 heteroatoms. The van der Waals surface area contributed by atoms with E-state index in [0.29, 0.717) is 10.7 Å². The van der Waals surface area contributed by atoms with Gasteiger partial charge in [0.1, 0.15) is 5.60 Å². The molecule has 0 bridgehead atoms. The molecule has 0 heterocycles. The number of nitrogens with one attached hydrogen (secondary N) is 1. The highest BCUT2D eigenvalue weighted by Crippen LogP contribution is 2.22. The molecule has 1 amide bonds. The minimum atomic E-state index is -0.564. The van der Waals surface area contributed by atoms with Crippen LogP contribution in [0.2, 0.25) is 5.02 Å². The summed E-state index contributed by atoms with van der Waals surface area (Å²) in [5.74, 6) is 0. The number of ether oxygens (including phenoxy) is 1. The minimum Gasteiger partial charge on any atom is -0.444 e. The summed E-state index contributed by atoms with van der Waals surface area (Å²) < 4.78 is 5.29. The van der Waals surface area contributed by atoms with Gasteiger partial charge in [-0.3, -0.25) is 5.32 Å². The van der Waals surface area contributed by atoms with Crippen LogP contribution in [0.5, 0.6) is 0 Å². The van der Waals surface area contributed by atoms with Gasteiger partial charge >= 0.3 is 6.09 Å². The van der Waals surface area contributed by atoms with Crippen LogP contribution in [-0.4, -0.2) is 16.8 Å². The second-order valence-electron chi connectivity index (χ2n) is 6.55. The Morgan fingerprint density at radius 3 is 2.52 bits per heavy atom. The van der Waals surface area contributed by atoms with E-state index in [0.717, 1.165) is 16.7 Å². The van der Waals surface area contributed by atoms with Crippen LogP contribution in [0.1, 0.15) is 37.5 Å². The smallest absolute Gasteiger partial charge is 0.412 e. The minimum absolute atomic E-state index is 0.0748. The molecule has 2 aromatic carbocycles. The topological polar surface area (TPSA) is 58.6 Å². The van der Waals surface area contributed by atoms with E-state index in [1.54, 1.807) is 24.3 Å². The monoisotopic (exact) mass is 359 g/mol. The fourth-order valence-corrected chi connectivity index (χ4v) is 2.39. The zero-order chi connectivity index (χ0) is 18.4. The van der Waals surface area contributed by atoms with Gasteiger partial charge in [0.2, 0.25) is 0 Å². The Morgan fingerprint density at radius 2 is 1.84 bits per heavy atom. The molecule has 0 unspecified atom stereocenters. The van der Waals surface area contributed by atoms with E-state index in [1.165, 1.54) is 0 Å². The average Bonchev–Trinajstić information content (AvgIpc) is 2.52. The van der Waals surface area contributed by atoms with Crippen molar-refractivity contribution in [3.63, 3.8) is 0 Å². The van der Waals surface area contributed by atoms with Crippen molar-refractivity contribution in [3.8, 4) is 0 Å². The maximum absolute atomic E-state index is 12.0. The van der Waals surface area contributed by atoms with E-state index >= 15 is 0 Å². The number of carbonyl (C=O) groups is 1. The van der Waals surface area contributed by atoms with Gasteiger partial charge in [-0.25, -0.2) is 4.79 Å². The number of carbonyl (C=O) groups excluding carboxylic acids is 1. The van der Waals surface area contributed by atoms with E-state index in [9.17, 15) is 9.90 Å². The van der Waals surface area contributed by atoms with Crippen LogP contribution in [-0.2, 0) is 11.3 Å². The third kappa shape index (κ3) is 5.93. The summed E-state index contributed by atoms with van der Waals surface area (Å²) >= 11 is 6.03.